The predicted octanol–water partition coefficient (Wildman–Crippen LogP) is 3.11. The van der Waals surface area contributed by atoms with Gasteiger partial charge in [0.15, 0.2) is 5.69 Å². The molecule has 1 heterocycles. The lowest BCUT2D eigenvalue weighted by molar-refractivity contribution is 0.0690. The van der Waals surface area contributed by atoms with Crippen molar-refractivity contribution < 1.29 is 14.6 Å². The number of carboxylic acids is 1. The molecule has 0 aliphatic heterocycles. The van der Waals surface area contributed by atoms with E-state index in [1.807, 2.05) is 12.1 Å². The Morgan fingerprint density at radius 3 is 2.56 bits per heavy atom. The van der Waals surface area contributed by atoms with Crippen LogP contribution in [0.15, 0.2) is 36.5 Å². The fourth-order valence-corrected chi connectivity index (χ4v) is 1.69. The van der Waals surface area contributed by atoms with Crippen molar-refractivity contribution in [1.29, 1.82) is 0 Å². The van der Waals surface area contributed by atoms with E-state index in [0.717, 1.165) is 11.1 Å². The van der Waals surface area contributed by atoms with E-state index in [1.165, 1.54) is 19.4 Å². The molecule has 0 atom stereocenters. The Kier molecular flexibility index (Phi) is 3.48. The third-order valence-corrected chi connectivity index (χ3v) is 2.71. The number of carbonyl (C=O) groups is 1. The lowest BCUT2D eigenvalue weighted by Gasteiger charge is -2.09. The first-order chi connectivity index (χ1) is 8.61. The van der Waals surface area contributed by atoms with Crippen LogP contribution in [-0.4, -0.2) is 23.2 Å². The summed E-state index contributed by atoms with van der Waals surface area (Å²) in [6.45, 7) is 0. The highest BCUT2D eigenvalue weighted by molar-refractivity contribution is 6.30. The molecule has 18 heavy (non-hydrogen) atoms. The number of ether oxygens (including phenoxy) is 1. The minimum atomic E-state index is -1.09. The lowest BCUT2D eigenvalue weighted by Crippen LogP contribution is -2.01. The molecule has 0 saturated heterocycles. The second kappa shape index (κ2) is 5.06. The molecule has 0 spiro atoms. The lowest BCUT2D eigenvalue weighted by atomic mass is 10.1. The second-order valence-electron chi connectivity index (χ2n) is 3.58. The number of pyridine rings is 1. The highest BCUT2D eigenvalue weighted by Gasteiger charge is 2.11. The molecule has 0 bridgehead atoms. The third kappa shape index (κ3) is 2.43. The summed E-state index contributed by atoms with van der Waals surface area (Å²) in [5.74, 6) is -0.624. The number of aromatic nitrogens is 1. The molecule has 0 unspecified atom stereocenters. The van der Waals surface area contributed by atoms with Crippen LogP contribution in [0.3, 0.4) is 0 Å². The number of hydrogen-bond donors (Lipinski definition) is 1. The summed E-state index contributed by atoms with van der Waals surface area (Å²) in [6, 6.07) is 8.54. The Hall–Kier alpha value is -2.07. The summed E-state index contributed by atoms with van der Waals surface area (Å²) in [5.41, 5.74) is 1.53. The molecular weight excluding hydrogens is 254 g/mol. The van der Waals surface area contributed by atoms with Crippen molar-refractivity contribution in [2.24, 2.45) is 0 Å². The molecule has 0 amide bonds. The van der Waals surface area contributed by atoms with E-state index in [-0.39, 0.29) is 5.69 Å². The van der Waals surface area contributed by atoms with Gasteiger partial charge in [-0.05, 0) is 17.7 Å². The van der Waals surface area contributed by atoms with E-state index in [2.05, 4.69) is 4.98 Å². The van der Waals surface area contributed by atoms with Crippen molar-refractivity contribution in [3.05, 3.63) is 47.2 Å². The molecule has 4 nitrogen and oxygen atoms in total. The molecule has 2 rings (SSSR count). The van der Waals surface area contributed by atoms with Gasteiger partial charge in [-0.1, -0.05) is 23.7 Å². The highest BCUT2D eigenvalue weighted by atomic mass is 35.5. The Bertz CT molecular complexity index is 581. The van der Waals surface area contributed by atoms with Crippen LogP contribution in [0.25, 0.3) is 11.1 Å². The number of methoxy groups -OCH3 is 1. The first-order valence-electron chi connectivity index (χ1n) is 5.15. The summed E-state index contributed by atoms with van der Waals surface area (Å²) in [7, 11) is 1.49. The van der Waals surface area contributed by atoms with Gasteiger partial charge >= 0.3 is 5.97 Å². The maximum Gasteiger partial charge on any atom is 0.354 e. The highest BCUT2D eigenvalue weighted by Crippen LogP contribution is 2.30. The smallest absolute Gasteiger partial charge is 0.354 e. The van der Waals surface area contributed by atoms with Crippen LogP contribution in [0.4, 0.5) is 0 Å². The van der Waals surface area contributed by atoms with Gasteiger partial charge in [0, 0.05) is 22.8 Å². The van der Waals surface area contributed by atoms with Gasteiger partial charge in [0.1, 0.15) is 5.75 Å². The number of carboxylic acid groups (broad SMARTS) is 1. The first-order valence-corrected chi connectivity index (χ1v) is 5.53. The zero-order valence-corrected chi connectivity index (χ0v) is 10.3. The van der Waals surface area contributed by atoms with Crippen LogP contribution < -0.4 is 4.74 Å². The fraction of sp³-hybridized carbons (Fsp3) is 0.0769. The third-order valence-electron chi connectivity index (χ3n) is 2.46. The number of halogens is 1. The van der Waals surface area contributed by atoms with Crippen LogP contribution in [0, 0.1) is 0 Å². The number of benzene rings is 1. The zero-order valence-electron chi connectivity index (χ0n) is 9.55. The van der Waals surface area contributed by atoms with Crippen LogP contribution >= 0.6 is 11.6 Å². The van der Waals surface area contributed by atoms with Crippen molar-refractivity contribution in [3.8, 4) is 16.9 Å². The molecule has 2 aromatic rings. The Morgan fingerprint density at radius 1 is 1.33 bits per heavy atom. The van der Waals surface area contributed by atoms with Crippen molar-refractivity contribution >= 4 is 17.6 Å². The van der Waals surface area contributed by atoms with Crippen molar-refractivity contribution in [1.82, 2.24) is 4.98 Å². The van der Waals surface area contributed by atoms with Gasteiger partial charge in [0.25, 0.3) is 0 Å². The van der Waals surface area contributed by atoms with E-state index in [9.17, 15) is 4.79 Å². The normalized spacial score (nSPS) is 10.1. The maximum absolute atomic E-state index is 10.8. The van der Waals surface area contributed by atoms with E-state index in [4.69, 9.17) is 21.4 Å². The summed E-state index contributed by atoms with van der Waals surface area (Å²) in [5, 5.41) is 9.50. The first kappa shape index (κ1) is 12.4. The Balaban J connectivity index is 2.50. The minimum Gasteiger partial charge on any atom is -0.496 e. The van der Waals surface area contributed by atoms with Crippen LogP contribution in [0.5, 0.6) is 5.75 Å². The summed E-state index contributed by atoms with van der Waals surface area (Å²) in [4.78, 5) is 14.7. The fourth-order valence-electron chi connectivity index (χ4n) is 1.57. The Labute approximate surface area is 109 Å². The molecule has 5 heteroatoms. The van der Waals surface area contributed by atoms with Crippen LogP contribution in [0.2, 0.25) is 5.02 Å². The molecule has 1 N–H and O–H groups in total. The molecule has 92 valence electrons. The van der Waals surface area contributed by atoms with E-state index >= 15 is 0 Å². The molecule has 1 aromatic carbocycles. The van der Waals surface area contributed by atoms with Gasteiger partial charge in [0.05, 0.1) is 7.11 Å². The Morgan fingerprint density at radius 2 is 2.00 bits per heavy atom. The number of hydrogen-bond acceptors (Lipinski definition) is 3. The standard InChI is InChI=1S/C13H10ClNO3/c1-18-12-6-11(13(16)17)15-7-10(12)8-2-4-9(14)5-3-8/h2-7H,1H3,(H,16,17). The van der Waals surface area contributed by atoms with Crippen molar-refractivity contribution in [3.63, 3.8) is 0 Å². The quantitative estimate of drug-likeness (QED) is 0.924. The van der Waals surface area contributed by atoms with Gasteiger partial charge in [-0.25, -0.2) is 9.78 Å². The molecule has 0 saturated carbocycles. The van der Waals surface area contributed by atoms with E-state index in [1.54, 1.807) is 12.1 Å². The largest absolute Gasteiger partial charge is 0.496 e. The predicted molar refractivity (Wildman–Crippen MR) is 68.2 cm³/mol. The zero-order chi connectivity index (χ0) is 13.1. The molecule has 1 aromatic heterocycles. The molecule has 0 fully saturated rings. The van der Waals surface area contributed by atoms with Crippen LogP contribution in [-0.2, 0) is 0 Å². The van der Waals surface area contributed by atoms with Gasteiger partial charge in [-0.2, -0.15) is 0 Å². The van der Waals surface area contributed by atoms with Gasteiger partial charge in [0.2, 0.25) is 0 Å². The molecule has 0 aliphatic rings. The van der Waals surface area contributed by atoms with Crippen LogP contribution in [0.1, 0.15) is 10.5 Å². The van der Waals surface area contributed by atoms with E-state index in [0.29, 0.717) is 10.8 Å². The topological polar surface area (TPSA) is 59.4 Å². The average molecular weight is 264 g/mol. The van der Waals surface area contributed by atoms with Crippen molar-refractivity contribution in [2.45, 2.75) is 0 Å². The molecular formula is C13H10ClNO3. The number of rotatable bonds is 3. The molecule has 0 radical (unpaired) electrons. The summed E-state index contributed by atoms with van der Waals surface area (Å²) < 4.78 is 5.18. The van der Waals surface area contributed by atoms with E-state index < -0.39 is 5.97 Å². The number of nitrogens with zero attached hydrogens (tertiary/aromatic N) is 1. The van der Waals surface area contributed by atoms with Gasteiger partial charge < -0.3 is 9.84 Å². The van der Waals surface area contributed by atoms with Gasteiger partial charge in [-0.3, -0.25) is 0 Å². The minimum absolute atomic E-state index is 0.0513. The van der Waals surface area contributed by atoms with Crippen molar-refractivity contribution in [2.75, 3.05) is 7.11 Å². The maximum atomic E-state index is 10.8. The SMILES string of the molecule is COc1cc(C(=O)O)ncc1-c1ccc(Cl)cc1. The molecule has 0 aliphatic carbocycles. The summed E-state index contributed by atoms with van der Waals surface area (Å²) >= 11 is 5.81. The second-order valence-corrected chi connectivity index (χ2v) is 4.02. The number of aromatic carboxylic acids is 1. The average Bonchev–Trinajstić information content (AvgIpc) is 2.39. The monoisotopic (exact) mass is 263 g/mol. The summed E-state index contributed by atoms with van der Waals surface area (Å²) in [6.07, 6.45) is 1.48. The van der Waals surface area contributed by atoms with Gasteiger partial charge in [-0.15, -0.1) is 0 Å².